The zero-order chi connectivity index (χ0) is 25.7. The number of likely N-dealkylation sites (tertiary alicyclic amines) is 1. The first-order chi connectivity index (χ1) is 18.6. The van der Waals surface area contributed by atoms with Gasteiger partial charge >= 0.3 is 0 Å². The highest BCUT2D eigenvalue weighted by Gasteiger charge is 2.39. The van der Waals surface area contributed by atoms with Crippen LogP contribution in [0.5, 0.6) is 5.75 Å². The average Bonchev–Trinajstić information content (AvgIpc) is 3.71. The molecule has 3 aromatic carbocycles. The molecule has 1 aliphatic carbocycles. The van der Waals surface area contributed by atoms with E-state index in [-0.39, 0.29) is 17.6 Å². The SMILES string of the molecule is CN1CCC2(CCc3cc(-c4n[nH]c5ccc(C(=O)NC(c6ccccc6)C6CC6)cc45)ccc3O2)CC1. The number of ether oxygens (including phenoxy) is 1. The number of benzene rings is 3. The molecule has 3 aliphatic rings. The summed E-state index contributed by atoms with van der Waals surface area (Å²) >= 11 is 0. The molecule has 1 aromatic heterocycles. The fraction of sp³-hybridized carbons (Fsp3) is 0.375. The number of nitrogens with one attached hydrogen (secondary N) is 2. The monoisotopic (exact) mass is 506 g/mol. The minimum Gasteiger partial charge on any atom is -0.487 e. The van der Waals surface area contributed by atoms with E-state index in [4.69, 9.17) is 4.74 Å². The second kappa shape index (κ2) is 9.28. The highest BCUT2D eigenvalue weighted by Crippen LogP contribution is 2.42. The zero-order valence-corrected chi connectivity index (χ0v) is 21.9. The Morgan fingerprint density at radius 3 is 2.66 bits per heavy atom. The Morgan fingerprint density at radius 2 is 1.87 bits per heavy atom. The van der Waals surface area contributed by atoms with Crippen LogP contribution < -0.4 is 10.1 Å². The molecule has 1 spiro atoms. The number of aryl methyl sites for hydroxylation is 1. The zero-order valence-electron chi connectivity index (χ0n) is 21.9. The van der Waals surface area contributed by atoms with Gasteiger partial charge in [0.2, 0.25) is 0 Å². The predicted octanol–water partition coefficient (Wildman–Crippen LogP) is 5.90. The molecule has 38 heavy (non-hydrogen) atoms. The Bertz CT molecular complexity index is 1480. The smallest absolute Gasteiger partial charge is 0.251 e. The van der Waals surface area contributed by atoms with Crippen LogP contribution in [0.3, 0.4) is 0 Å². The number of fused-ring (bicyclic) bond motifs is 2. The minimum atomic E-state index is -0.0398. The number of carbonyl (C=O) groups is 1. The molecule has 2 fully saturated rings. The van der Waals surface area contributed by atoms with E-state index in [1.807, 2.05) is 36.4 Å². The molecular weight excluding hydrogens is 472 g/mol. The van der Waals surface area contributed by atoms with Gasteiger partial charge in [0.05, 0.1) is 17.3 Å². The van der Waals surface area contributed by atoms with Gasteiger partial charge in [-0.2, -0.15) is 5.10 Å². The molecule has 1 saturated heterocycles. The second-order valence-electron chi connectivity index (χ2n) is 11.4. The van der Waals surface area contributed by atoms with Crippen molar-refractivity contribution in [2.75, 3.05) is 20.1 Å². The van der Waals surface area contributed by atoms with E-state index in [0.29, 0.717) is 11.5 Å². The van der Waals surface area contributed by atoms with E-state index >= 15 is 0 Å². The lowest BCUT2D eigenvalue weighted by atomic mass is 9.83. The summed E-state index contributed by atoms with van der Waals surface area (Å²) in [6, 6.07) is 22.6. The van der Waals surface area contributed by atoms with Gasteiger partial charge in [-0.25, -0.2) is 0 Å². The second-order valence-corrected chi connectivity index (χ2v) is 11.4. The third-order valence-electron chi connectivity index (χ3n) is 8.77. The molecule has 1 amide bonds. The van der Waals surface area contributed by atoms with Crippen molar-refractivity contribution < 1.29 is 9.53 Å². The third kappa shape index (κ3) is 4.37. The number of carbonyl (C=O) groups excluding carboxylic acids is 1. The predicted molar refractivity (Wildman–Crippen MR) is 149 cm³/mol. The summed E-state index contributed by atoms with van der Waals surface area (Å²) in [4.78, 5) is 15.8. The van der Waals surface area contributed by atoms with Crippen molar-refractivity contribution in [3.8, 4) is 17.0 Å². The van der Waals surface area contributed by atoms with Crippen molar-refractivity contribution in [2.45, 2.75) is 50.2 Å². The number of H-pyrrole nitrogens is 1. The fourth-order valence-corrected chi connectivity index (χ4v) is 6.21. The standard InChI is InChI=1S/C32H34N4O2/c1-36-17-15-32(16-18-36)14-13-23-19-24(10-12-28(23)38-32)30-26-20-25(9-11-27(26)34-35-30)31(37)33-29(22-7-8-22)21-5-3-2-4-6-21/h2-6,9-12,19-20,22,29H,7-8,13-18H2,1H3,(H,33,37)(H,34,35). The van der Waals surface area contributed by atoms with Gasteiger partial charge < -0.3 is 15.0 Å². The summed E-state index contributed by atoms with van der Waals surface area (Å²) in [6.45, 7) is 2.19. The van der Waals surface area contributed by atoms with Crippen molar-refractivity contribution in [1.82, 2.24) is 20.4 Å². The van der Waals surface area contributed by atoms with Crippen LogP contribution in [0.1, 0.15) is 59.6 Å². The van der Waals surface area contributed by atoms with Crippen molar-refractivity contribution in [3.05, 3.63) is 83.4 Å². The van der Waals surface area contributed by atoms with Crippen molar-refractivity contribution in [2.24, 2.45) is 5.92 Å². The minimum absolute atomic E-state index is 0.0135. The largest absolute Gasteiger partial charge is 0.487 e. The number of amides is 1. The number of aromatic amines is 1. The van der Waals surface area contributed by atoms with Gasteiger partial charge in [-0.05, 0) is 99.0 Å². The van der Waals surface area contributed by atoms with Gasteiger partial charge in [0, 0.05) is 29.6 Å². The van der Waals surface area contributed by atoms with Gasteiger partial charge in [-0.15, -0.1) is 0 Å². The Hall–Kier alpha value is -3.64. The summed E-state index contributed by atoms with van der Waals surface area (Å²) in [5, 5.41) is 12.1. The topological polar surface area (TPSA) is 70.2 Å². The molecule has 1 atom stereocenters. The molecule has 1 unspecified atom stereocenters. The van der Waals surface area contributed by atoms with Gasteiger partial charge in [0.15, 0.2) is 0 Å². The summed E-state index contributed by atoms with van der Waals surface area (Å²) in [5.41, 5.74) is 5.92. The lowest BCUT2D eigenvalue weighted by Crippen LogP contribution is -2.48. The number of nitrogens with zero attached hydrogens (tertiary/aromatic N) is 2. The Balaban J connectivity index is 1.14. The molecule has 7 rings (SSSR count). The van der Waals surface area contributed by atoms with Crippen LogP contribution in [0, 0.1) is 5.92 Å². The Kier molecular flexibility index (Phi) is 5.73. The molecule has 6 heteroatoms. The highest BCUT2D eigenvalue weighted by molar-refractivity contribution is 6.01. The normalized spacial score (nSPS) is 19.6. The number of hydrogen-bond donors (Lipinski definition) is 2. The molecule has 2 N–H and O–H groups in total. The highest BCUT2D eigenvalue weighted by atomic mass is 16.5. The Morgan fingerprint density at radius 1 is 1.05 bits per heavy atom. The first-order valence-corrected chi connectivity index (χ1v) is 13.9. The summed E-state index contributed by atoms with van der Waals surface area (Å²) in [6.07, 6.45) is 6.57. The molecule has 0 radical (unpaired) electrons. The molecule has 194 valence electrons. The van der Waals surface area contributed by atoms with E-state index in [0.717, 1.165) is 79.5 Å². The molecule has 4 aromatic rings. The molecule has 0 bridgehead atoms. The van der Waals surface area contributed by atoms with Gasteiger partial charge in [-0.1, -0.05) is 30.3 Å². The first kappa shape index (κ1) is 23.5. The van der Waals surface area contributed by atoms with E-state index in [9.17, 15) is 4.79 Å². The maximum Gasteiger partial charge on any atom is 0.251 e. The van der Waals surface area contributed by atoms with Crippen LogP contribution in [0.2, 0.25) is 0 Å². The summed E-state index contributed by atoms with van der Waals surface area (Å²) < 4.78 is 6.61. The van der Waals surface area contributed by atoms with Crippen LogP contribution in [-0.2, 0) is 6.42 Å². The van der Waals surface area contributed by atoms with E-state index in [2.05, 4.69) is 57.8 Å². The number of piperidine rings is 1. The average molecular weight is 507 g/mol. The van der Waals surface area contributed by atoms with Crippen molar-refractivity contribution >= 4 is 16.8 Å². The van der Waals surface area contributed by atoms with E-state index < -0.39 is 0 Å². The first-order valence-electron chi connectivity index (χ1n) is 13.9. The maximum absolute atomic E-state index is 13.4. The van der Waals surface area contributed by atoms with Crippen LogP contribution in [0.15, 0.2) is 66.7 Å². The van der Waals surface area contributed by atoms with Crippen molar-refractivity contribution in [1.29, 1.82) is 0 Å². The lowest BCUT2D eigenvalue weighted by molar-refractivity contribution is -0.00874. The number of aromatic nitrogens is 2. The molecular formula is C32H34N4O2. The van der Waals surface area contributed by atoms with Gasteiger partial charge in [0.1, 0.15) is 11.4 Å². The summed E-state index contributed by atoms with van der Waals surface area (Å²) in [7, 11) is 2.19. The van der Waals surface area contributed by atoms with E-state index in [1.54, 1.807) is 0 Å². The van der Waals surface area contributed by atoms with Crippen LogP contribution in [0.25, 0.3) is 22.2 Å². The number of hydrogen-bond acceptors (Lipinski definition) is 4. The quantitative estimate of drug-likeness (QED) is 0.354. The van der Waals surface area contributed by atoms with Gasteiger partial charge in [-0.3, -0.25) is 9.89 Å². The van der Waals surface area contributed by atoms with Crippen LogP contribution in [0.4, 0.5) is 0 Å². The summed E-state index contributed by atoms with van der Waals surface area (Å²) in [5.74, 6) is 1.49. The number of rotatable bonds is 5. The van der Waals surface area contributed by atoms with Crippen LogP contribution >= 0.6 is 0 Å². The maximum atomic E-state index is 13.4. The molecule has 1 saturated carbocycles. The lowest BCUT2D eigenvalue weighted by Gasteiger charge is -2.43. The molecule has 6 nitrogen and oxygen atoms in total. The third-order valence-corrected chi connectivity index (χ3v) is 8.77. The Labute approximate surface area is 223 Å². The van der Waals surface area contributed by atoms with Crippen LogP contribution in [-0.4, -0.2) is 46.7 Å². The molecule has 3 heterocycles. The van der Waals surface area contributed by atoms with E-state index in [1.165, 1.54) is 11.1 Å². The van der Waals surface area contributed by atoms with Crippen molar-refractivity contribution in [3.63, 3.8) is 0 Å². The van der Waals surface area contributed by atoms with Gasteiger partial charge in [0.25, 0.3) is 5.91 Å². The molecule has 2 aliphatic heterocycles. The fourth-order valence-electron chi connectivity index (χ4n) is 6.21.